The van der Waals surface area contributed by atoms with Crippen molar-refractivity contribution in [3.63, 3.8) is 0 Å². The lowest BCUT2D eigenvalue weighted by Crippen LogP contribution is -2.36. The molecule has 2 saturated heterocycles. The average Bonchev–Trinajstić information content (AvgIpc) is 3.40. The van der Waals surface area contributed by atoms with E-state index in [4.69, 9.17) is 0 Å². The predicted molar refractivity (Wildman–Crippen MR) is 116 cm³/mol. The van der Waals surface area contributed by atoms with Crippen molar-refractivity contribution in [3.8, 4) is 0 Å². The highest BCUT2D eigenvalue weighted by Gasteiger charge is 2.36. The fourth-order valence-corrected chi connectivity index (χ4v) is 4.34. The zero-order chi connectivity index (χ0) is 22.8. The van der Waals surface area contributed by atoms with Crippen molar-refractivity contribution in [2.75, 3.05) is 29.9 Å². The van der Waals surface area contributed by atoms with Crippen LogP contribution in [-0.2, 0) is 9.59 Å². The highest BCUT2D eigenvalue weighted by Crippen LogP contribution is 2.32. The number of hydrogen-bond acceptors (Lipinski definition) is 5. The first kappa shape index (κ1) is 21.9. The first-order chi connectivity index (χ1) is 15.3. The second-order valence-electron chi connectivity index (χ2n) is 7.32. The fraction of sp³-hybridized carbons (Fsp3) is 0.227. The molecule has 2 fully saturated rings. The summed E-state index contributed by atoms with van der Waals surface area (Å²) in [6, 6.07) is 9.11. The van der Waals surface area contributed by atoms with Crippen LogP contribution in [0.2, 0.25) is 0 Å². The number of nitrogens with one attached hydrogen (secondary N) is 1. The van der Waals surface area contributed by atoms with E-state index in [2.05, 4.69) is 4.90 Å². The summed E-state index contributed by atoms with van der Waals surface area (Å²) in [4.78, 5) is 40.1. The molecule has 0 atom stereocenters. The van der Waals surface area contributed by atoms with Crippen LogP contribution in [0.3, 0.4) is 0 Å². The van der Waals surface area contributed by atoms with Crippen LogP contribution in [0.15, 0.2) is 41.3 Å². The number of imide groups is 1. The van der Waals surface area contributed by atoms with Gasteiger partial charge < -0.3 is 10.2 Å². The van der Waals surface area contributed by atoms with E-state index in [1.807, 2.05) is 29.6 Å². The Kier molecular flexibility index (Phi) is 6.22. The minimum Gasteiger partial charge on any atom is -0.372 e. The molecule has 2 heterocycles. The third-order valence-corrected chi connectivity index (χ3v) is 6.05. The summed E-state index contributed by atoms with van der Waals surface area (Å²) in [6.45, 7) is 1.33. The van der Waals surface area contributed by atoms with Gasteiger partial charge in [0.15, 0.2) is 17.5 Å². The molecule has 2 aliphatic heterocycles. The maximum Gasteiger partial charge on any atom is 0.294 e. The molecule has 6 nitrogen and oxygen atoms in total. The lowest BCUT2D eigenvalue weighted by atomic mass is 10.2. The molecule has 2 aromatic carbocycles. The molecule has 166 valence electrons. The van der Waals surface area contributed by atoms with E-state index < -0.39 is 46.7 Å². The number of rotatable bonds is 5. The summed E-state index contributed by atoms with van der Waals surface area (Å²) in [5, 5.41) is 1.39. The van der Waals surface area contributed by atoms with Crippen LogP contribution in [0.1, 0.15) is 18.4 Å². The Hall–Kier alpha value is -3.27. The largest absolute Gasteiger partial charge is 0.372 e. The Morgan fingerprint density at radius 3 is 2.38 bits per heavy atom. The van der Waals surface area contributed by atoms with Gasteiger partial charge in [-0.05, 0) is 60.5 Å². The maximum atomic E-state index is 13.7. The second-order valence-corrected chi connectivity index (χ2v) is 8.32. The zero-order valence-electron chi connectivity index (χ0n) is 16.7. The van der Waals surface area contributed by atoms with E-state index >= 15 is 0 Å². The van der Waals surface area contributed by atoms with Crippen LogP contribution in [0.5, 0.6) is 0 Å². The van der Waals surface area contributed by atoms with E-state index in [0.717, 1.165) is 43.2 Å². The van der Waals surface area contributed by atoms with Crippen molar-refractivity contribution in [1.82, 2.24) is 4.90 Å². The van der Waals surface area contributed by atoms with Gasteiger partial charge in [-0.2, -0.15) is 0 Å². The van der Waals surface area contributed by atoms with Crippen molar-refractivity contribution in [2.24, 2.45) is 0 Å². The van der Waals surface area contributed by atoms with Crippen LogP contribution in [0.25, 0.3) is 6.08 Å². The van der Waals surface area contributed by atoms with E-state index in [1.165, 1.54) is 0 Å². The number of carbonyl (C=O) groups is 3. The fourth-order valence-electron chi connectivity index (χ4n) is 3.50. The molecule has 0 saturated carbocycles. The molecule has 2 aliphatic rings. The third-order valence-electron chi connectivity index (χ3n) is 5.15. The number of halogens is 3. The lowest BCUT2D eigenvalue weighted by Gasteiger charge is -2.17. The van der Waals surface area contributed by atoms with Crippen LogP contribution >= 0.6 is 11.8 Å². The quantitative estimate of drug-likeness (QED) is 0.529. The van der Waals surface area contributed by atoms with Crippen molar-refractivity contribution < 1.29 is 27.6 Å². The normalized spacial score (nSPS) is 17.5. The van der Waals surface area contributed by atoms with E-state index in [1.54, 1.807) is 6.08 Å². The molecular weight excluding hydrogens is 443 g/mol. The number of carbonyl (C=O) groups excluding carboxylic acids is 3. The Bertz CT molecular complexity index is 1120. The van der Waals surface area contributed by atoms with Crippen LogP contribution < -0.4 is 10.2 Å². The number of amides is 3. The Balaban J connectivity index is 1.42. The molecule has 32 heavy (non-hydrogen) atoms. The van der Waals surface area contributed by atoms with Crippen LogP contribution in [-0.4, -0.2) is 41.6 Å². The van der Waals surface area contributed by atoms with Crippen molar-refractivity contribution in [3.05, 3.63) is 64.3 Å². The van der Waals surface area contributed by atoms with Gasteiger partial charge in [0.1, 0.15) is 6.54 Å². The Labute approximate surface area is 186 Å². The molecular formula is C22H18F3N3O3S. The molecule has 3 amide bonds. The van der Waals surface area contributed by atoms with Gasteiger partial charge in [-0.3, -0.25) is 19.3 Å². The van der Waals surface area contributed by atoms with E-state index in [0.29, 0.717) is 22.7 Å². The lowest BCUT2D eigenvalue weighted by molar-refractivity contribution is -0.127. The first-order valence-electron chi connectivity index (χ1n) is 9.87. The first-order valence-corrected chi connectivity index (χ1v) is 10.7. The monoisotopic (exact) mass is 461 g/mol. The number of thioether (sulfide) groups is 1. The number of anilines is 2. The zero-order valence-corrected chi connectivity index (χ0v) is 17.6. The van der Waals surface area contributed by atoms with Gasteiger partial charge in [-0.25, -0.2) is 13.2 Å². The Morgan fingerprint density at radius 2 is 1.69 bits per heavy atom. The van der Waals surface area contributed by atoms with Gasteiger partial charge in [-0.15, -0.1) is 0 Å². The van der Waals surface area contributed by atoms with E-state index in [9.17, 15) is 27.6 Å². The summed E-state index contributed by atoms with van der Waals surface area (Å²) in [7, 11) is 0. The molecule has 0 radical (unpaired) electrons. The molecule has 10 heteroatoms. The maximum absolute atomic E-state index is 13.7. The van der Waals surface area contributed by atoms with Gasteiger partial charge in [0.25, 0.3) is 11.1 Å². The molecule has 4 rings (SSSR count). The smallest absolute Gasteiger partial charge is 0.294 e. The predicted octanol–water partition coefficient (Wildman–Crippen LogP) is 4.38. The second kappa shape index (κ2) is 9.07. The summed E-state index contributed by atoms with van der Waals surface area (Å²) in [5.74, 6) is -6.28. The minimum absolute atomic E-state index is 0.149. The third kappa shape index (κ3) is 4.50. The Morgan fingerprint density at radius 1 is 1.00 bits per heavy atom. The summed E-state index contributed by atoms with van der Waals surface area (Å²) >= 11 is 0.686. The van der Waals surface area contributed by atoms with Crippen LogP contribution in [0.4, 0.5) is 29.3 Å². The number of nitrogens with zero attached hydrogens (tertiary/aromatic N) is 2. The topological polar surface area (TPSA) is 69.7 Å². The average molecular weight is 461 g/mol. The molecule has 0 bridgehead atoms. The molecule has 0 spiro atoms. The molecule has 2 aromatic rings. The van der Waals surface area contributed by atoms with Crippen molar-refractivity contribution in [1.29, 1.82) is 0 Å². The van der Waals surface area contributed by atoms with Gasteiger partial charge in [0.2, 0.25) is 5.91 Å². The highest BCUT2D eigenvalue weighted by molar-refractivity contribution is 8.18. The minimum atomic E-state index is -1.73. The highest BCUT2D eigenvalue weighted by atomic mass is 32.2. The molecule has 0 aromatic heterocycles. The van der Waals surface area contributed by atoms with Gasteiger partial charge in [0.05, 0.1) is 10.6 Å². The molecule has 0 aliphatic carbocycles. The standard InChI is InChI=1S/C22H18F3N3O3S/c23-15-7-8-16(20(25)19(15)24)26-18(29)12-28-21(30)17(32-22(28)31)11-13-3-5-14(6-4-13)27-9-1-2-10-27/h3-8,11H,1-2,9-10,12H2,(H,26,29)/b17-11+. The molecule has 0 unspecified atom stereocenters. The van der Waals surface area contributed by atoms with Gasteiger partial charge in [-0.1, -0.05) is 12.1 Å². The van der Waals surface area contributed by atoms with Gasteiger partial charge >= 0.3 is 0 Å². The summed E-state index contributed by atoms with van der Waals surface area (Å²) < 4.78 is 40.0. The van der Waals surface area contributed by atoms with Gasteiger partial charge in [0, 0.05) is 18.8 Å². The summed E-state index contributed by atoms with van der Waals surface area (Å²) in [5.41, 5.74) is 1.23. The summed E-state index contributed by atoms with van der Waals surface area (Å²) in [6.07, 6.45) is 3.88. The number of benzene rings is 2. The number of hydrogen-bond donors (Lipinski definition) is 1. The van der Waals surface area contributed by atoms with E-state index in [-0.39, 0.29) is 4.91 Å². The molecule has 1 N–H and O–H groups in total. The van der Waals surface area contributed by atoms with Crippen molar-refractivity contribution in [2.45, 2.75) is 12.8 Å². The van der Waals surface area contributed by atoms with Crippen molar-refractivity contribution >= 4 is 46.3 Å². The van der Waals surface area contributed by atoms with Crippen LogP contribution in [0, 0.1) is 17.5 Å². The SMILES string of the molecule is O=C(CN1C(=O)S/C(=C/c2ccc(N3CCCC3)cc2)C1=O)Nc1ccc(F)c(F)c1F.